The monoisotopic (exact) mass is 295 g/mol. The maximum Gasteiger partial charge on any atom is 0.250 e. The molecule has 1 aromatic heterocycles. The zero-order valence-electron chi connectivity index (χ0n) is 9.96. The molecule has 0 radical (unpaired) electrons. The number of rotatable bonds is 4. The summed E-state index contributed by atoms with van der Waals surface area (Å²) in [7, 11) is 0. The SMILES string of the molecule is CSc1nnc(NC(=O)C=Cc2cccc(F)c2)s1. The van der Waals surface area contributed by atoms with Gasteiger partial charge in [0.1, 0.15) is 5.82 Å². The molecule has 0 spiro atoms. The highest BCUT2D eigenvalue weighted by Gasteiger charge is 2.04. The molecule has 19 heavy (non-hydrogen) atoms. The third-order valence-corrected chi connectivity index (χ3v) is 3.90. The molecule has 4 nitrogen and oxygen atoms in total. The van der Waals surface area contributed by atoms with E-state index in [-0.39, 0.29) is 11.7 Å². The summed E-state index contributed by atoms with van der Waals surface area (Å²) in [6, 6.07) is 6.00. The van der Waals surface area contributed by atoms with Crippen LogP contribution in [0.4, 0.5) is 9.52 Å². The maximum atomic E-state index is 12.9. The Morgan fingerprint density at radius 2 is 2.32 bits per heavy atom. The van der Waals surface area contributed by atoms with Crippen molar-refractivity contribution in [3.8, 4) is 0 Å². The van der Waals surface area contributed by atoms with E-state index in [4.69, 9.17) is 0 Å². The molecule has 0 saturated carbocycles. The number of hydrogen-bond donors (Lipinski definition) is 1. The lowest BCUT2D eigenvalue weighted by atomic mass is 10.2. The Balaban J connectivity index is 1.97. The van der Waals surface area contributed by atoms with Crippen LogP contribution in [0.5, 0.6) is 0 Å². The van der Waals surface area contributed by atoms with E-state index >= 15 is 0 Å². The lowest BCUT2D eigenvalue weighted by Crippen LogP contribution is -2.07. The zero-order valence-corrected chi connectivity index (χ0v) is 11.6. The van der Waals surface area contributed by atoms with E-state index in [1.165, 1.54) is 47.4 Å². The summed E-state index contributed by atoms with van der Waals surface area (Å²) in [5.74, 6) is -0.663. The molecule has 0 unspecified atom stereocenters. The Morgan fingerprint density at radius 3 is 3.00 bits per heavy atom. The Bertz CT molecular complexity index is 613. The summed E-state index contributed by atoms with van der Waals surface area (Å²) < 4.78 is 13.7. The van der Waals surface area contributed by atoms with Crippen molar-refractivity contribution in [1.29, 1.82) is 0 Å². The largest absolute Gasteiger partial charge is 0.297 e. The second-order valence-corrected chi connectivity index (χ2v) is 5.49. The quantitative estimate of drug-likeness (QED) is 0.535. The van der Waals surface area contributed by atoms with Gasteiger partial charge >= 0.3 is 0 Å². The van der Waals surface area contributed by atoms with Gasteiger partial charge in [0.25, 0.3) is 0 Å². The maximum absolute atomic E-state index is 12.9. The lowest BCUT2D eigenvalue weighted by Gasteiger charge is -1.95. The first-order chi connectivity index (χ1) is 9.17. The van der Waals surface area contributed by atoms with Gasteiger partial charge in [-0.15, -0.1) is 10.2 Å². The highest BCUT2D eigenvalue weighted by atomic mass is 32.2. The fraction of sp³-hybridized carbons (Fsp3) is 0.0833. The molecule has 0 fully saturated rings. The van der Waals surface area contributed by atoms with Gasteiger partial charge in [0.15, 0.2) is 4.34 Å². The minimum Gasteiger partial charge on any atom is -0.297 e. The number of aromatic nitrogens is 2. The Morgan fingerprint density at radius 1 is 1.47 bits per heavy atom. The highest BCUT2D eigenvalue weighted by molar-refractivity contribution is 8.00. The zero-order chi connectivity index (χ0) is 13.7. The predicted molar refractivity (Wildman–Crippen MR) is 75.8 cm³/mol. The van der Waals surface area contributed by atoms with E-state index in [0.717, 1.165) is 4.34 Å². The number of anilines is 1. The van der Waals surface area contributed by atoms with Gasteiger partial charge in [0, 0.05) is 6.08 Å². The molecule has 7 heteroatoms. The van der Waals surface area contributed by atoms with Crippen LogP contribution in [0.3, 0.4) is 0 Å². The van der Waals surface area contributed by atoms with Gasteiger partial charge in [0.05, 0.1) is 0 Å². The Hall–Kier alpha value is -1.73. The summed E-state index contributed by atoms with van der Waals surface area (Å²) >= 11 is 2.76. The number of carbonyl (C=O) groups excluding carboxylic acids is 1. The Labute approximate surface area is 117 Å². The molecule has 1 amide bonds. The van der Waals surface area contributed by atoms with E-state index in [1.807, 2.05) is 6.26 Å². The molecular weight excluding hydrogens is 285 g/mol. The van der Waals surface area contributed by atoms with Crippen LogP contribution in [0.25, 0.3) is 6.08 Å². The van der Waals surface area contributed by atoms with Crippen LogP contribution in [0.2, 0.25) is 0 Å². The number of amides is 1. The molecule has 0 saturated heterocycles. The second-order valence-electron chi connectivity index (χ2n) is 3.45. The van der Waals surface area contributed by atoms with Gasteiger partial charge in [-0.1, -0.05) is 35.2 Å². The molecule has 1 N–H and O–H groups in total. The van der Waals surface area contributed by atoms with Crippen molar-refractivity contribution >= 4 is 40.2 Å². The summed E-state index contributed by atoms with van der Waals surface area (Å²) in [5, 5.41) is 10.7. The molecule has 2 aromatic rings. The van der Waals surface area contributed by atoms with Crippen LogP contribution in [-0.2, 0) is 4.79 Å². The van der Waals surface area contributed by atoms with Crippen LogP contribution in [0.1, 0.15) is 5.56 Å². The van der Waals surface area contributed by atoms with Gasteiger partial charge in [0.2, 0.25) is 11.0 Å². The third kappa shape index (κ3) is 4.15. The first kappa shape index (κ1) is 13.7. The van der Waals surface area contributed by atoms with Crippen molar-refractivity contribution in [3.05, 3.63) is 41.7 Å². The number of benzene rings is 1. The number of halogens is 1. The van der Waals surface area contributed by atoms with Crippen molar-refractivity contribution < 1.29 is 9.18 Å². The van der Waals surface area contributed by atoms with Crippen molar-refractivity contribution in [1.82, 2.24) is 10.2 Å². The van der Waals surface area contributed by atoms with Crippen molar-refractivity contribution in [2.24, 2.45) is 0 Å². The van der Waals surface area contributed by atoms with Crippen LogP contribution >= 0.6 is 23.1 Å². The average molecular weight is 295 g/mol. The molecule has 0 bridgehead atoms. The molecular formula is C12H10FN3OS2. The van der Waals surface area contributed by atoms with Gasteiger partial charge < -0.3 is 0 Å². The van der Waals surface area contributed by atoms with E-state index in [2.05, 4.69) is 15.5 Å². The molecule has 98 valence electrons. The fourth-order valence-electron chi connectivity index (χ4n) is 1.27. The molecule has 1 aromatic carbocycles. The summed E-state index contributed by atoms with van der Waals surface area (Å²) in [4.78, 5) is 11.6. The smallest absolute Gasteiger partial charge is 0.250 e. The van der Waals surface area contributed by atoms with E-state index in [9.17, 15) is 9.18 Å². The normalized spacial score (nSPS) is 10.8. The van der Waals surface area contributed by atoms with Crippen LogP contribution in [0, 0.1) is 5.82 Å². The number of hydrogen-bond acceptors (Lipinski definition) is 5. The topological polar surface area (TPSA) is 54.9 Å². The molecule has 0 aliphatic heterocycles. The standard InChI is InChI=1S/C12H10FN3OS2/c1-18-12-16-15-11(19-12)14-10(17)6-5-8-3-2-4-9(13)7-8/h2-7H,1H3,(H,14,15,17). The number of carbonyl (C=O) groups is 1. The lowest BCUT2D eigenvalue weighted by molar-refractivity contribution is -0.111. The predicted octanol–water partition coefficient (Wildman–Crippen LogP) is 3.05. The molecule has 0 atom stereocenters. The highest BCUT2D eigenvalue weighted by Crippen LogP contribution is 2.22. The summed E-state index contributed by atoms with van der Waals surface area (Å²) in [5.41, 5.74) is 0.622. The minimum atomic E-state index is -0.337. The summed E-state index contributed by atoms with van der Waals surface area (Å²) in [6.45, 7) is 0. The van der Waals surface area contributed by atoms with Gasteiger partial charge in [-0.25, -0.2) is 4.39 Å². The van der Waals surface area contributed by atoms with Gasteiger partial charge in [-0.3, -0.25) is 10.1 Å². The van der Waals surface area contributed by atoms with Crippen LogP contribution in [-0.4, -0.2) is 22.4 Å². The average Bonchev–Trinajstić information content (AvgIpc) is 2.84. The van der Waals surface area contributed by atoms with E-state index < -0.39 is 0 Å². The van der Waals surface area contributed by atoms with Crippen molar-refractivity contribution in [2.75, 3.05) is 11.6 Å². The first-order valence-electron chi connectivity index (χ1n) is 5.29. The Kier molecular flexibility index (Phi) is 4.64. The second kappa shape index (κ2) is 6.44. The van der Waals surface area contributed by atoms with Crippen LogP contribution in [0.15, 0.2) is 34.7 Å². The molecule has 2 rings (SSSR count). The summed E-state index contributed by atoms with van der Waals surface area (Å²) in [6.07, 6.45) is 4.75. The van der Waals surface area contributed by atoms with Crippen LogP contribution < -0.4 is 5.32 Å². The number of nitrogens with zero attached hydrogens (tertiary/aromatic N) is 2. The van der Waals surface area contributed by atoms with Crippen molar-refractivity contribution in [2.45, 2.75) is 4.34 Å². The van der Waals surface area contributed by atoms with Gasteiger partial charge in [-0.2, -0.15) is 0 Å². The fourth-order valence-corrected chi connectivity index (χ4v) is 2.44. The molecule has 1 heterocycles. The van der Waals surface area contributed by atoms with E-state index in [1.54, 1.807) is 12.1 Å². The number of thioether (sulfide) groups is 1. The van der Waals surface area contributed by atoms with Crippen molar-refractivity contribution in [3.63, 3.8) is 0 Å². The number of nitrogens with one attached hydrogen (secondary N) is 1. The third-order valence-electron chi connectivity index (χ3n) is 2.09. The molecule has 0 aliphatic rings. The first-order valence-corrected chi connectivity index (χ1v) is 7.33. The minimum absolute atomic E-state index is 0.326. The molecule has 0 aliphatic carbocycles. The van der Waals surface area contributed by atoms with E-state index in [0.29, 0.717) is 10.7 Å². The van der Waals surface area contributed by atoms with Gasteiger partial charge in [-0.05, 0) is 30.0 Å².